The maximum Gasteiger partial charge on any atom is 0.256 e. The molecule has 1 aromatic heterocycles. The summed E-state index contributed by atoms with van der Waals surface area (Å²) in [6.07, 6.45) is 2.85. The predicted octanol–water partition coefficient (Wildman–Crippen LogP) is 3.22. The Balaban J connectivity index is 0.00000141. The minimum Gasteiger partial charge on any atom is -0.376 e. The lowest BCUT2D eigenvalue weighted by Gasteiger charge is -2.34. The van der Waals surface area contributed by atoms with Crippen LogP contribution >= 0.6 is 11.6 Å². The number of aromatic amines is 1. The maximum atomic E-state index is 13.1. The minimum absolute atomic E-state index is 0.0243. The second-order valence-electron chi connectivity index (χ2n) is 8.99. The number of nitrogens with zero attached hydrogens (tertiary/aromatic N) is 3. The molecule has 0 radical (unpaired) electrons. The highest BCUT2D eigenvalue weighted by Crippen LogP contribution is 2.27. The summed E-state index contributed by atoms with van der Waals surface area (Å²) in [5.41, 5.74) is 1.88. The molecule has 2 fully saturated rings. The Morgan fingerprint density at radius 3 is 2.54 bits per heavy atom. The molecule has 5 rings (SSSR count). The molecule has 3 aliphatic rings. The molecule has 1 aromatic carbocycles. The first kappa shape index (κ1) is 25.5. The Labute approximate surface area is 210 Å². The molecule has 8 nitrogen and oxygen atoms in total. The second kappa shape index (κ2) is 11.5. The highest BCUT2D eigenvalue weighted by molar-refractivity contribution is 6.30. The number of aromatic nitrogens is 2. The normalized spacial score (nSPS) is 20.8. The quantitative estimate of drug-likeness (QED) is 0.633. The van der Waals surface area contributed by atoms with Gasteiger partial charge in [0, 0.05) is 29.5 Å². The van der Waals surface area contributed by atoms with Crippen LogP contribution in [0, 0.1) is 5.92 Å². The van der Waals surface area contributed by atoms with Gasteiger partial charge in [-0.05, 0) is 56.6 Å². The van der Waals surface area contributed by atoms with Gasteiger partial charge >= 0.3 is 0 Å². The summed E-state index contributed by atoms with van der Waals surface area (Å²) in [5, 5.41) is 0.620. The lowest BCUT2D eigenvalue weighted by molar-refractivity contribution is -0.133. The number of hydrogen-bond donors (Lipinski definition) is 1. The van der Waals surface area contributed by atoms with E-state index in [9.17, 15) is 14.4 Å². The van der Waals surface area contributed by atoms with Crippen LogP contribution in [-0.2, 0) is 29.1 Å². The number of fused-ring (bicyclic) bond motifs is 1. The number of amides is 1. The molecule has 0 bridgehead atoms. The first-order chi connectivity index (χ1) is 17.0. The smallest absolute Gasteiger partial charge is 0.256 e. The van der Waals surface area contributed by atoms with Crippen molar-refractivity contribution in [2.24, 2.45) is 5.92 Å². The number of ketones is 1. The lowest BCUT2D eigenvalue weighted by atomic mass is 9.88. The Morgan fingerprint density at radius 2 is 1.83 bits per heavy atom. The van der Waals surface area contributed by atoms with Gasteiger partial charge in [-0.25, -0.2) is 4.98 Å². The zero-order valence-corrected chi connectivity index (χ0v) is 21.1. The Hall–Kier alpha value is -2.55. The van der Waals surface area contributed by atoms with E-state index in [1.165, 1.54) is 0 Å². The fourth-order valence-electron chi connectivity index (χ4n) is 5.09. The van der Waals surface area contributed by atoms with E-state index in [0.29, 0.717) is 54.7 Å². The van der Waals surface area contributed by atoms with Crippen LogP contribution in [0.1, 0.15) is 60.5 Å². The topological polar surface area (TPSA) is 95.6 Å². The van der Waals surface area contributed by atoms with E-state index in [1.54, 1.807) is 29.2 Å². The predicted molar refractivity (Wildman–Crippen MR) is 133 cm³/mol. The zero-order chi connectivity index (χ0) is 24.9. The summed E-state index contributed by atoms with van der Waals surface area (Å²) in [6, 6.07) is 6.87. The van der Waals surface area contributed by atoms with Gasteiger partial charge in [-0.2, -0.15) is 0 Å². The van der Waals surface area contributed by atoms with Crippen molar-refractivity contribution >= 4 is 23.3 Å². The van der Waals surface area contributed by atoms with Gasteiger partial charge in [-0.1, -0.05) is 25.4 Å². The van der Waals surface area contributed by atoms with Gasteiger partial charge in [-0.15, -0.1) is 0 Å². The molecule has 1 amide bonds. The largest absolute Gasteiger partial charge is 0.376 e. The van der Waals surface area contributed by atoms with Crippen LogP contribution in [0.2, 0.25) is 5.02 Å². The van der Waals surface area contributed by atoms with Gasteiger partial charge in [0.2, 0.25) is 5.91 Å². The second-order valence-corrected chi connectivity index (χ2v) is 9.42. The van der Waals surface area contributed by atoms with Crippen LogP contribution in [0.25, 0.3) is 0 Å². The van der Waals surface area contributed by atoms with Crippen LogP contribution in [0.4, 0.5) is 0 Å². The molecule has 9 heteroatoms. The highest BCUT2D eigenvalue weighted by atomic mass is 35.5. The van der Waals surface area contributed by atoms with Crippen LogP contribution < -0.4 is 5.56 Å². The van der Waals surface area contributed by atoms with Crippen LogP contribution in [0.15, 0.2) is 29.1 Å². The molecule has 0 spiro atoms. The molecule has 3 aliphatic heterocycles. The SMILES string of the molecule is CC.O=C(c1ccc(Cl)cc1)C1CCN(C2CCN(Cc3nc4c(c(=O)[nH]3)COCC4)C2=O)CC1. The number of halogens is 1. The summed E-state index contributed by atoms with van der Waals surface area (Å²) < 4.78 is 5.34. The fraction of sp³-hybridized carbons (Fsp3) is 0.538. The van der Waals surface area contributed by atoms with Crippen molar-refractivity contribution in [2.45, 2.75) is 58.7 Å². The van der Waals surface area contributed by atoms with E-state index < -0.39 is 0 Å². The maximum absolute atomic E-state index is 13.1. The number of nitrogens with one attached hydrogen (secondary N) is 1. The van der Waals surface area contributed by atoms with Crippen molar-refractivity contribution in [2.75, 3.05) is 26.2 Å². The van der Waals surface area contributed by atoms with E-state index in [-0.39, 0.29) is 29.2 Å². The van der Waals surface area contributed by atoms with Gasteiger partial charge in [0.1, 0.15) is 5.82 Å². The average molecular weight is 501 g/mol. The van der Waals surface area contributed by atoms with Crippen molar-refractivity contribution in [3.63, 3.8) is 0 Å². The molecule has 0 aliphatic carbocycles. The van der Waals surface area contributed by atoms with Crippen LogP contribution in [-0.4, -0.2) is 63.7 Å². The lowest BCUT2D eigenvalue weighted by Crippen LogP contribution is -2.46. The first-order valence-electron chi connectivity index (χ1n) is 12.5. The van der Waals surface area contributed by atoms with Crippen LogP contribution in [0.3, 0.4) is 0 Å². The number of Topliss-reactive ketones (excluding diaryl/α,β-unsaturated/α-hetero) is 1. The molecule has 188 valence electrons. The summed E-state index contributed by atoms with van der Waals surface area (Å²) in [4.78, 5) is 49.6. The van der Waals surface area contributed by atoms with Crippen molar-refractivity contribution in [1.82, 2.24) is 19.8 Å². The standard InChI is InChI=1S/C24H27ClN4O4.C2H6/c25-17-3-1-15(2-4-17)22(30)16-5-9-28(10-6-16)20-7-11-29(24(20)32)13-21-26-19-8-12-33-14-18(19)23(31)27-21;1-2/h1-4,16,20H,5-14H2,(H,26,27,31);1-2H3. The summed E-state index contributed by atoms with van der Waals surface area (Å²) in [7, 11) is 0. The Morgan fingerprint density at radius 1 is 1.11 bits per heavy atom. The molecule has 2 saturated heterocycles. The number of carbonyl (C=O) groups excluding carboxylic acids is 2. The summed E-state index contributed by atoms with van der Waals surface area (Å²) >= 11 is 5.93. The van der Waals surface area contributed by atoms with Gasteiger partial charge in [0.15, 0.2) is 5.78 Å². The molecule has 1 atom stereocenters. The van der Waals surface area contributed by atoms with E-state index in [0.717, 1.165) is 38.0 Å². The average Bonchev–Trinajstić information content (AvgIpc) is 3.25. The highest BCUT2D eigenvalue weighted by Gasteiger charge is 2.38. The van der Waals surface area contributed by atoms with Crippen molar-refractivity contribution in [1.29, 1.82) is 0 Å². The van der Waals surface area contributed by atoms with E-state index in [1.807, 2.05) is 13.8 Å². The van der Waals surface area contributed by atoms with Crippen molar-refractivity contribution in [3.05, 3.63) is 62.3 Å². The Bertz CT molecular complexity index is 1110. The number of carbonyl (C=O) groups is 2. The molecule has 1 unspecified atom stereocenters. The molecule has 1 N–H and O–H groups in total. The van der Waals surface area contributed by atoms with E-state index in [2.05, 4.69) is 14.9 Å². The minimum atomic E-state index is -0.176. The number of hydrogen-bond acceptors (Lipinski definition) is 6. The first-order valence-corrected chi connectivity index (χ1v) is 12.9. The van der Waals surface area contributed by atoms with E-state index >= 15 is 0 Å². The van der Waals surface area contributed by atoms with Gasteiger partial charge in [0.25, 0.3) is 5.56 Å². The number of likely N-dealkylation sites (tertiary alicyclic amines) is 2. The molecule has 35 heavy (non-hydrogen) atoms. The number of ether oxygens (including phenoxy) is 1. The van der Waals surface area contributed by atoms with Gasteiger partial charge in [-0.3, -0.25) is 19.3 Å². The Kier molecular flexibility index (Phi) is 8.36. The van der Waals surface area contributed by atoms with Crippen molar-refractivity contribution < 1.29 is 14.3 Å². The third-order valence-corrected chi connectivity index (χ3v) is 7.21. The van der Waals surface area contributed by atoms with Gasteiger partial charge < -0.3 is 14.6 Å². The van der Waals surface area contributed by atoms with Crippen LogP contribution in [0.5, 0.6) is 0 Å². The summed E-state index contributed by atoms with van der Waals surface area (Å²) in [6.45, 7) is 7.24. The number of benzene rings is 1. The number of rotatable bonds is 5. The zero-order valence-electron chi connectivity index (χ0n) is 20.4. The summed E-state index contributed by atoms with van der Waals surface area (Å²) in [5.74, 6) is 0.727. The van der Waals surface area contributed by atoms with Crippen molar-refractivity contribution in [3.8, 4) is 0 Å². The third-order valence-electron chi connectivity index (χ3n) is 6.96. The fourth-order valence-corrected chi connectivity index (χ4v) is 5.22. The molecular formula is C26H33ClN4O4. The monoisotopic (exact) mass is 500 g/mol. The molecule has 0 saturated carbocycles. The molecule has 2 aromatic rings. The van der Waals surface area contributed by atoms with Gasteiger partial charge in [0.05, 0.1) is 37.1 Å². The number of H-pyrrole nitrogens is 1. The molecular weight excluding hydrogens is 468 g/mol. The number of piperidine rings is 1. The molecule has 4 heterocycles. The third kappa shape index (κ3) is 5.66. The van der Waals surface area contributed by atoms with E-state index in [4.69, 9.17) is 16.3 Å².